The predicted molar refractivity (Wildman–Crippen MR) is 140 cm³/mol. The molecule has 0 aliphatic heterocycles. The number of nitrogens with zero attached hydrogens (tertiary/aromatic N) is 4. The van der Waals surface area contributed by atoms with Gasteiger partial charge in [-0.15, -0.1) is 0 Å². The van der Waals surface area contributed by atoms with Gasteiger partial charge in [-0.05, 0) is 62.3 Å². The Morgan fingerprint density at radius 3 is 2.70 bits per heavy atom. The Hall–Kier alpha value is -3.72. The van der Waals surface area contributed by atoms with E-state index in [9.17, 15) is 4.79 Å². The van der Waals surface area contributed by atoms with Crippen LogP contribution in [0.25, 0.3) is 27.5 Å². The van der Waals surface area contributed by atoms with Gasteiger partial charge in [0.2, 0.25) is 5.70 Å². The molecule has 3 atom stereocenters. The number of pyridine rings is 1. The van der Waals surface area contributed by atoms with Crippen molar-refractivity contribution >= 4 is 5.78 Å². The van der Waals surface area contributed by atoms with Crippen LogP contribution < -0.4 is 0 Å². The van der Waals surface area contributed by atoms with Crippen molar-refractivity contribution in [3.05, 3.63) is 88.6 Å². The maximum Gasteiger partial charge on any atom is 0.226 e. The second kappa shape index (κ2) is 8.99. The summed E-state index contributed by atoms with van der Waals surface area (Å²) in [5.74, 6) is 0.465. The first-order chi connectivity index (χ1) is 17.9. The maximum absolute atomic E-state index is 15.1. The van der Waals surface area contributed by atoms with E-state index in [4.69, 9.17) is 16.5 Å². The van der Waals surface area contributed by atoms with Gasteiger partial charge < -0.3 is 4.79 Å². The number of fused-ring (bicyclic) bond motifs is 3. The Labute approximate surface area is 216 Å². The van der Waals surface area contributed by atoms with Crippen LogP contribution in [0.5, 0.6) is 0 Å². The summed E-state index contributed by atoms with van der Waals surface area (Å²) in [6.45, 7) is 11.9. The number of ketones is 1. The first-order valence-corrected chi connectivity index (χ1v) is 13.2. The molecule has 3 aromatic rings. The van der Waals surface area contributed by atoms with E-state index in [-0.39, 0.29) is 29.1 Å². The average Bonchev–Trinajstić information content (AvgIpc) is 3.76. The number of aromatic nitrogens is 3. The third kappa shape index (κ3) is 3.89. The second-order valence-electron chi connectivity index (χ2n) is 10.8. The minimum absolute atomic E-state index is 0.0358. The molecule has 0 unspecified atom stereocenters. The van der Waals surface area contributed by atoms with Gasteiger partial charge in [0.1, 0.15) is 5.82 Å². The Balaban J connectivity index is 1.61. The second-order valence-corrected chi connectivity index (χ2v) is 10.8. The van der Waals surface area contributed by atoms with E-state index in [2.05, 4.69) is 29.7 Å². The van der Waals surface area contributed by atoms with Crippen LogP contribution in [0.4, 0.5) is 4.39 Å². The summed E-state index contributed by atoms with van der Waals surface area (Å²) >= 11 is 0. The van der Waals surface area contributed by atoms with Crippen LogP contribution >= 0.6 is 0 Å². The lowest BCUT2D eigenvalue weighted by Crippen LogP contribution is -2.47. The summed E-state index contributed by atoms with van der Waals surface area (Å²) in [6, 6.07) is 10.7. The lowest BCUT2D eigenvalue weighted by Gasteiger charge is -2.47. The predicted octanol–water partition coefficient (Wildman–Crippen LogP) is 6.84. The number of carbonyl (C=O) groups is 1. The molecule has 5 nitrogen and oxygen atoms in total. The van der Waals surface area contributed by atoms with Gasteiger partial charge in [0.15, 0.2) is 11.6 Å². The summed E-state index contributed by atoms with van der Waals surface area (Å²) < 4.78 is 15.1. The zero-order valence-corrected chi connectivity index (χ0v) is 21.2. The lowest BCUT2D eigenvalue weighted by molar-refractivity contribution is -0.122. The van der Waals surface area contributed by atoms with Crippen molar-refractivity contribution < 1.29 is 9.18 Å². The number of allylic oxidation sites excluding steroid dienone is 2. The molecule has 0 saturated heterocycles. The van der Waals surface area contributed by atoms with E-state index >= 15 is 4.39 Å². The van der Waals surface area contributed by atoms with Crippen molar-refractivity contribution in [3.8, 4) is 22.6 Å². The van der Waals surface area contributed by atoms with E-state index in [1.165, 1.54) is 6.07 Å². The highest BCUT2D eigenvalue weighted by molar-refractivity contribution is 6.00. The molecule has 186 valence electrons. The van der Waals surface area contributed by atoms with Gasteiger partial charge in [0.05, 0.1) is 18.0 Å². The Morgan fingerprint density at radius 1 is 1.16 bits per heavy atom. The molecule has 0 bridgehead atoms. The minimum atomic E-state index is -0.620. The van der Waals surface area contributed by atoms with Gasteiger partial charge in [0, 0.05) is 45.8 Å². The number of hydrogen-bond donors (Lipinski definition) is 0. The lowest BCUT2D eigenvalue weighted by atomic mass is 9.57. The molecule has 0 N–H and O–H groups in total. The zero-order valence-electron chi connectivity index (χ0n) is 21.2. The monoisotopic (exact) mass is 492 g/mol. The normalized spacial score (nSPS) is 24.6. The molecule has 1 aromatic carbocycles. The van der Waals surface area contributed by atoms with Crippen molar-refractivity contribution in [1.29, 1.82) is 0 Å². The van der Waals surface area contributed by atoms with Crippen LogP contribution in [0.1, 0.15) is 68.8 Å². The van der Waals surface area contributed by atoms with Crippen molar-refractivity contribution in [2.45, 2.75) is 63.7 Å². The molecule has 3 aliphatic rings. The van der Waals surface area contributed by atoms with Gasteiger partial charge in [-0.1, -0.05) is 38.5 Å². The van der Waals surface area contributed by atoms with Crippen LogP contribution in [0.2, 0.25) is 0 Å². The molecule has 2 aromatic heterocycles. The molecule has 1 fully saturated rings. The van der Waals surface area contributed by atoms with Crippen LogP contribution in [0, 0.1) is 24.2 Å². The highest BCUT2D eigenvalue weighted by atomic mass is 19.1. The van der Waals surface area contributed by atoms with Crippen LogP contribution in [-0.4, -0.2) is 20.7 Å². The average molecular weight is 493 g/mol. The number of hydrogen-bond acceptors (Lipinski definition) is 4. The van der Waals surface area contributed by atoms with Crippen LogP contribution in [0.3, 0.4) is 0 Å². The molecule has 6 rings (SSSR count). The SMILES string of the molecule is [C-]#[N+]C1=C[C@@]2(C)c3nc(-c4ccnc(C5CC5)c4)nc(-c4ccccc4F)c3CC[C@@H]2[C@@H](CCC)C1=O. The van der Waals surface area contributed by atoms with E-state index in [0.717, 1.165) is 54.6 Å². The summed E-state index contributed by atoms with van der Waals surface area (Å²) in [6.07, 6.45) is 8.96. The van der Waals surface area contributed by atoms with Crippen molar-refractivity contribution in [2.24, 2.45) is 11.8 Å². The quantitative estimate of drug-likeness (QED) is 0.366. The highest BCUT2D eigenvalue weighted by Gasteiger charge is 2.50. The largest absolute Gasteiger partial charge is 0.308 e. The summed E-state index contributed by atoms with van der Waals surface area (Å²) in [5.41, 5.74) is 4.24. The number of rotatable bonds is 5. The molecule has 0 spiro atoms. The number of benzene rings is 1. The van der Waals surface area contributed by atoms with E-state index in [1.807, 2.05) is 18.2 Å². The molecule has 0 radical (unpaired) electrons. The van der Waals surface area contributed by atoms with Crippen molar-refractivity contribution in [2.75, 3.05) is 0 Å². The topological polar surface area (TPSA) is 60.1 Å². The van der Waals surface area contributed by atoms with Gasteiger partial charge in [-0.25, -0.2) is 19.2 Å². The first kappa shape index (κ1) is 23.7. The molecular weight excluding hydrogens is 463 g/mol. The van der Waals surface area contributed by atoms with Gasteiger partial charge in [0.25, 0.3) is 0 Å². The molecular formula is C31H29FN4O. The Kier molecular flexibility index (Phi) is 5.75. The summed E-state index contributed by atoms with van der Waals surface area (Å²) in [7, 11) is 0. The van der Waals surface area contributed by atoms with Crippen molar-refractivity contribution in [1.82, 2.24) is 15.0 Å². The molecule has 1 saturated carbocycles. The smallest absolute Gasteiger partial charge is 0.226 e. The highest BCUT2D eigenvalue weighted by Crippen LogP contribution is 2.52. The third-order valence-corrected chi connectivity index (χ3v) is 8.39. The molecule has 0 amide bonds. The fraction of sp³-hybridized carbons (Fsp3) is 0.387. The van der Waals surface area contributed by atoms with Crippen LogP contribution in [0.15, 0.2) is 54.4 Å². The standard InChI is InChI=1S/C31H29FN4O/c1-4-7-20-23-13-12-22-27(21-8-5-6-9-24(21)32)35-30(19-14-15-34-25(16-19)18-10-11-18)36-29(22)31(23,2)17-26(33-3)28(20)37/h5-6,8-9,14-18,20,23H,4,7,10-13H2,1-2H3/t20-,23-,31-/m1/s1. The van der Waals surface area contributed by atoms with Crippen LogP contribution in [-0.2, 0) is 16.6 Å². The molecule has 3 aliphatic carbocycles. The van der Waals surface area contributed by atoms with E-state index < -0.39 is 5.41 Å². The molecule has 6 heteroatoms. The fourth-order valence-corrected chi connectivity index (χ4v) is 6.39. The first-order valence-electron chi connectivity index (χ1n) is 13.2. The van der Waals surface area contributed by atoms with Gasteiger partial charge >= 0.3 is 0 Å². The van der Waals surface area contributed by atoms with E-state index in [1.54, 1.807) is 18.3 Å². The third-order valence-electron chi connectivity index (χ3n) is 8.39. The minimum Gasteiger partial charge on any atom is -0.308 e. The number of halogens is 1. The maximum atomic E-state index is 15.1. The zero-order chi connectivity index (χ0) is 25.7. The number of carbonyl (C=O) groups excluding carboxylic acids is 1. The van der Waals surface area contributed by atoms with Gasteiger partial charge in [-0.2, -0.15) is 0 Å². The summed E-state index contributed by atoms with van der Waals surface area (Å²) in [4.78, 5) is 31.5. The van der Waals surface area contributed by atoms with Crippen molar-refractivity contribution in [3.63, 3.8) is 0 Å². The van der Waals surface area contributed by atoms with E-state index in [0.29, 0.717) is 29.4 Å². The number of Topliss-reactive ketones (excluding diaryl/α,β-unsaturated/α-hetero) is 1. The molecule has 2 heterocycles. The fourth-order valence-electron chi connectivity index (χ4n) is 6.39. The van der Waals surface area contributed by atoms with Gasteiger partial charge in [-0.3, -0.25) is 4.98 Å². The Morgan fingerprint density at radius 2 is 1.97 bits per heavy atom. The Bertz CT molecular complexity index is 1480. The molecule has 37 heavy (non-hydrogen) atoms. The summed E-state index contributed by atoms with van der Waals surface area (Å²) in [5, 5.41) is 0.